The van der Waals surface area contributed by atoms with E-state index in [0.29, 0.717) is 0 Å². The van der Waals surface area contributed by atoms with Crippen LogP contribution in [-0.4, -0.2) is 33.6 Å². The fourth-order valence-electron chi connectivity index (χ4n) is 0.822. The summed E-state index contributed by atoms with van der Waals surface area (Å²) in [5, 5.41) is 11.1. The topological polar surface area (TPSA) is 111 Å². The van der Waals surface area contributed by atoms with E-state index in [0.717, 1.165) is 0 Å². The minimum atomic E-state index is -0.559. The fourth-order valence-corrected chi connectivity index (χ4v) is 0.822. The molecule has 1 rings (SSSR count). The molecule has 0 aliphatic heterocycles. The van der Waals surface area contributed by atoms with E-state index in [4.69, 9.17) is 15.7 Å². The number of carbonyl (C=O) groups is 1. The highest BCUT2D eigenvalue weighted by Gasteiger charge is 2.09. The summed E-state index contributed by atoms with van der Waals surface area (Å²) in [5.41, 5.74) is 5.52. The number of hydrogen-bond donors (Lipinski definition) is 2. The largest absolute Gasteiger partial charge is 0.461 e. The highest BCUT2D eigenvalue weighted by atomic mass is 16.5. The molecule has 0 atom stereocenters. The Morgan fingerprint density at radius 1 is 1.53 bits per heavy atom. The zero-order valence-corrected chi connectivity index (χ0v) is 8.04. The Morgan fingerprint density at radius 2 is 2.13 bits per heavy atom. The Labute approximate surface area is 85.6 Å². The minimum Gasteiger partial charge on any atom is -0.461 e. The molecule has 0 aliphatic rings. The summed E-state index contributed by atoms with van der Waals surface area (Å²) >= 11 is 0. The number of oxime groups is 1. The van der Waals surface area contributed by atoms with E-state index >= 15 is 0 Å². The van der Waals surface area contributed by atoms with Crippen LogP contribution in [0.25, 0.3) is 0 Å². The van der Waals surface area contributed by atoms with Gasteiger partial charge in [-0.25, -0.2) is 14.8 Å². The first-order chi connectivity index (χ1) is 7.19. The maximum absolute atomic E-state index is 11.2. The van der Waals surface area contributed by atoms with Crippen molar-refractivity contribution < 1.29 is 14.7 Å². The lowest BCUT2D eigenvalue weighted by molar-refractivity contribution is 0.0519. The molecule has 3 N–H and O–H groups in total. The molecule has 0 fully saturated rings. The number of ether oxygens (including phenoxy) is 1. The van der Waals surface area contributed by atoms with Crippen molar-refractivity contribution in [3.8, 4) is 0 Å². The molecule has 7 nitrogen and oxygen atoms in total. The van der Waals surface area contributed by atoms with Crippen LogP contribution in [0.2, 0.25) is 0 Å². The number of aromatic nitrogens is 2. The molecule has 7 heteroatoms. The number of nitrogens with two attached hydrogens (primary N) is 1. The highest BCUT2D eigenvalue weighted by Crippen LogP contribution is 1.97. The second kappa shape index (κ2) is 4.89. The van der Waals surface area contributed by atoms with Gasteiger partial charge in [-0.15, -0.1) is 0 Å². The molecule has 0 amide bonds. The first kappa shape index (κ1) is 10.9. The van der Waals surface area contributed by atoms with Crippen LogP contribution in [0, 0.1) is 0 Å². The normalized spacial score (nSPS) is 11.1. The van der Waals surface area contributed by atoms with E-state index < -0.39 is 5.97 Å². The van der Waals surface area contributed by atoms with Gasteiger partial charge in [0.15, 0.2) is 11.5 Å². The third-order valence-corrected chi connectivity index (χ3v) is 1.51. The van der Waals surface area contributed by atoms with Gasteiger partial charge in [-0.2, -0.15) is 0 Å². The van der Waals surface area contributed by atoms with Gasteiger partial charge in [-0.1, -0.05) is 5.16 Å². The van der Waals surface area contributed by atoms with Crippen LogP contribution in [0.3, 0.4) is 0 Å². The molecule has 1 heterocycles. The summed E-state index contributed by atoms with van der Waals surface area (Å²) in [7, 11) is 0. The zero-order chi connectivity index (χ0) is 11.3. The van der Waals surface area contributed by atoms with E-state index in [1.54, 1.807) is 6.92 Å². The molecule has 0 aromatic carbocycles. The van der Waals surface area contributed by atoms with Gasteiger partial charge in [0.05, 0.1) is 19.0 Å². The Bertz CT molecular complexity index is 374. The van der Waals surface area contributed by atoms with Crippen LogP contribution >= 0.6 is 0 Å². The zero-order valence-electron chi connectivity index (χ0n) is 8.04. The molecule has 0 radical (unpaired) electrons. The lowest BCUT2D eigenvalue weighted by atomic mass is 10.4. The van der Waals surface area contributed by atoms with Gasteiger partial charge in [0.25, 0.3) is 0 Å². The third kappa shape index (κ3) is 2.63. The summed E-state index contributed by atoms with van der Waals surface area (Å²) in [6.07, 6.45) is 2.42. The van der Waals surface area contributed by atoms with E-state index in [1.165, 1.54) is 12.4 Å². The quantitative estimate of drug-likeness (QED) is 0.234. The number of esters is 1. The van der Waals surface area contributed by atoms with Gasteiger partial charge < -0.3 is 15.7 Å². The van der Waals surface area contributed by atoms with Gasteiger partial charge >= 0.3 is 5.97 Å². The van der Waals surface area contributed by atoms with Crippen molar-refractivity contribution in [2.75, 3.05) is 6.61 Å². The van der Waals surface area contributed by atoms with Crippen molar-refractivity contribution in [2.24, 2.45) is 10.9 Å². The number of rotatable bonds is 3. The molecule has 0 saturated heterocycles. The Kier molecular flexibility index (Phi) is 3.55. The van der Waals surface area contributed by atoms with Crippen molar-refractivity contribution in [1.29, 1.82) is 0 Å². The maximum atomic E-state index is 11.2. The van der Waals surface area contributed by atoms with Crippen LogP contribution in [0.15, 0.2) is 17.5 Å². The van der Waals surface area contributed by atoms with Crippen molar-refractivity contribution in [2.45, 2.75) is 6.92 Å². The second-order valence-corrected chi connectivity index (χ2v) is 2.49. The number of amidine groups is 1. The number of hydrogen-bond acceptors (Lipinski definition) is 6. The first-order valence-corrected chi connectivity index (χ1v) is 4.16. The van der Waals surface area contributed by atoms with E-state index in [1.807, 2.05) is 0 Å². The van der Waals surface area contributed by atoms with E-state index in [-0.39, 0.29) is 23.8 Å². The molecule has 0 unspecified atom stereocenters. The molecule has 0 aliphatic carbocycles. The molecule has 0 saturated carbocycles. The summed E-state index contributed by atoms with van der Waals surface area (Å²) in [4.78, 5) is 18.7. The lowest BCUT2D eigenvalue weighted by Crippen LogP contribution is -2.16. The fraction of sp³-hybridized carbons (Fsp3) is 0.250. The van der Waals surface area contributed by atoms with Crippen LogP contribution in [0.5, 0.6) is 0 Å². The van der Waals surface area contributed by atoms with Crippen molar-refractivity contribution in [3.63, 3.8) is 0 Å². The van der Waals surface area contributed by atoms with Gasteiger partial charge in [0.2, 0.25) is 0 Å². The SMILES string of the molecule is CCOC(=O)c1cnc(C(N)=NO)cn1. The molecule has 15 heavy (non-hydrogen) atoms. The summed E-state index contributed by atoms with van der Waals surface area (Å²) in [6, 6.07) is 0. The smallest absolute Gasteiger partial charge is 0.358 e. The summed E-state index contributed by atoms with van der Waals surface area (Å²) < 4.78 is 4.70. The van der Waals surface area contributed by atoms with Crippen LogP contribution in [0.4, 0.5) is 0 Å². The number of nitrogens with zero attached hydrogens (tertiary/aromatic N) is 3. The predicted octanol–water partition coefficient (Wildman–Crippen LogP) is -0.252. The Hall–Kier alpha value is -2.18. The second-order valence-electron chi connectivity index (χ2n) is 2.49. The summed E-state index contributed by atoms with van der Waals surface area (Å²) in [6.45, 7) is 1.96. The van der Waals surface area contributed by atoms with Gasteiger partial charge in [-0.3, -0.25) is 0 Å². The van der Waals surface area contributed by atoms with E-state index in [9.17, 15) is 4.79 Å². The average molecular weight is 210 g/mol. The minimum absolute atomic E-state index is 0.0753. The Morgan fingerprint density at radius 3 is 2.60 bits per heavy atom. The van der Waals surface area contributed by atoms with Gasteiger partial charge in [0, 0.05) is 0 Å². The first-order valence-electron chi connectivity index (χ1n) is 4.16. The lowest BCUT2D eigenvalue weighted by Gasteiger charge is -2.01. The standard InChI is InChI=1S/C8H10N4O3/c1-2-15-8(13)6-4-10-5(3-11-6)7(9)12-14/h3-4,14H,2H2,1H3,(H2,9,12). The van der Waals surface area contributed by atoms with Gasteiger partial charge in [0.1, 0.15) is 5.69 Å². The Balaban J connectivity index is 2.85. The average Bonchev–Trinajstić information content (AvgIpc) is 2.28. The predicted molar refractivity (Wildman–Crippen MR) is 50.5 cm³/mol. The molecular formula is C8H10N4O3. The monoisotopic (exact) mass is 210 g/mol. The van der Waals surface area contributed by atoms with Crippen LogP contribution < -0.4 is 5.73 Å². The molecule has 1 aromatic heterocycles. The number of carbonyl (C=O) groups excluding carboxylic acids is 1. The third-order valence-electron chi connectivity index (χ3n) is 1.51. The molecule has 0 bridgehead atoms. The highest BCUT2D eigenvalue weighted by molar-refractivity contribution is 5.95. The molecule has 0 spiro atoms. The van der Waals surface area contributed by atoms with Gasteiger partial charge in [-0.05, 0) is 6.92 Å². The van der Waals surface area contributed by atoms with Crippen molar-refractivity contribution in [1.82, 2.24) is 9.97 Å². The molecular weight excluding hydrogens is 200 g/mol. The van der Waals surface area contributed by atoms with Crippen molar-refractivity contribution in [3.05, 3.63) is 23.8 Å². The molecule has 80 valence electrons. The molecule has 1 aromatic rings. The van der Waals surface area contributed by atoms with Crippen molar-refractivity contribution >= 4 is 11.8 Å². The van der Waals surface area contributed by atoms with E-state index in [2.05, 4.69) is 15.1 Å². The van der Waals surface area contributed by atoms with Crippen LogP contribution in [-0.2, 0) is 4.74 Å². The van der Waals surface area contributed by atoms with Crippen LogP contribution in [0.1, 0.15) is 23.1 Å². The maximum Gasteiger partial charge on any atom is 0.358 e. The summed E-state index contributed by atoms with van der Waals surface area (Å²) in [5.74, 6) is -0.728.